The van der Waals surface area contributed by atoms with Crippen LogP contribution in [0, 0.1) is 0 Å². The molecule has 2 rings (SSSR count). The van der Waals surface area contributed by atoms with E-state index >= 15 is 0 Å². The topological polar surface area (TPSA) is 42.8 Å². The van der Waals surface area contributed by atoms with E-state index in [-0.39, 0.29) is 0 Å². The van der Waals surface area contributed by atoms with Crippen LogP contribution in [-0.2, 0) is 0 Å². The molecule has 0 aromatic carbocycles. The van der Waals surface area contributed by atoms with E-state index in [0.29, 0.717) is 5.71 Å². The fourth-order valence-corrected chi connectivity index (χ4v) is 0.812. The number of aliphatic imine (C=N–C) groups is 1. The van der Waals surface area contributed by atoms with Crippen LogP contribution in [0.15, 0.2) is 28.1 Å². The maximum atomic E-state index is 4.96. The molecule has 0 spiro atoms. The van der Waals surface area contributed by atoms with Gasteiger partial charge in [-0.2, -0.15) is 0 Å². The Morgan fingerprint density at radius 3 is 3.30 bits per heavy atom. The van der Waals surface area contributed by atoms with Crippen molar-refractivity contribution in [3.63, 3.8) is 0 Å². The van der Waals surface area contributed by atoms with Gasteiger partial charge in [-0.05, 0) is 6.72 Å². The van der Waals surface area contributed by atoms with Crippen molar-refractivity contribution in [1.29, 1.82) is 0 Å². The highest BCUT2D eigenvalue weighted by Crippen LogP contribution is 2.15. The van der Waals surface area contributed by atoms with Crippen LogP contribution in [0.25, 0.3) is 5.71 Å². The molecule has 4 nitrogen and oxygen atoms in total. The van der Waals surface area contributed by atoms with E-state index in [1.54, 1.807) is 16.8 Å². The highest BCUT2D eigenvalue weighted by molar-refractivity contribution is 5.53. The quantitative estimate of drug-likeness (QED) is 0.552. The molecule has 2 heterocycles. The Morgan fingerprint density at radius 2 is 2.60 bits per heavy atom. The lowest BCUT2D eigenvalue weighted by Crippen LogP contribution is -1.74. The molecular weight excluding hydrogens is 130 g/mol. The number of nitrogens with zero attached hydrogens (tertiary/aromatic N) is 3. The van der Waals surface area contributed by atoms with Crippen LogP contribution in [0.3, 0.4) is 0 Å². The summed E-state index contributed by atoms with van der Waals surface area (Å²) in [6.07, 6.45) is 3.12. The average molecular weight is 135 g/mol. The Kier molecular flexibility index (Phi) is 0.887. The van der Waals surface area contributed by atoms with Crippen molar-refractivity contribution in [1.82, 2.24) is 9.61 Å². The summed E-state index contributed by atoms with van der Waals surface area (Å²) in [5, 5.41) is 3.85. The van der Waals surface area contributed by atoms with Gasteiger partial charge >= 0.3 is 0 Å². The summed E-state index contributed by atoms with van der Waals surface area (Å²) < 4.78 is 6.57. The van der Waals surface area contributed by atoms with E-state index in [9.17, 15) is 0 Å². The van der Waals surface area contributed by atoms with Crippen molar-refractivity contribution in [3.8, 4) is 0 Å². The van der Waals surface area contributed by atoms with Gasteiger partial charge in [0, 0.05) is 6.07 Å². The Bertz CT molecular complexity index is 331. The molecule has 0 bridgehead atoms. The van der Waals surface area contributed by atoms with E-state index in [0.717, 1.165) is 5.69 Å². The molecule has 0 unspecified atom stereocenters. The summed E-state index contributed by atoms with van der Waals surface area (Å²) in [6, 6.07) is 1.76. The largest absolute Gasteiger partial charge is 0.426 e. The molecule has 0 atom stereocenters. The van der Waals surface area contributed by atoms with Crippen molar-refractivity contribution < 1.29 is 4.42 Å². The first-order chi connectivity index (χ1) is 4.90. The Hall–Kier alpha value is -1.58. The summed E-state index contributed by atoms with van der Waals surface area (Å²) in [7, 11) is 0. The van der Waals surface area contributed by atoms with Crippen molar-refractivity contribution in [2.75, 3.05) is 0 Å². The number of fused-ring (bicyclic) bond motifs is 1. The average Bonchev–Trinajstić information content (AvgIpc) is 2.42. The zero-order valence-corrected chi connectivity index (χ0v) is 5.19. The molecule has 2 aromatic rings. The molecule has 0 fully saturated rings. The molecule has 4 heteroatoms. The second-order valence-electron chi connectivity index (χ2n) is 1.88. The highest BCUT2D eigenvalue weighted by Gasteiger charge is 1.98. The minimum atomic E-state index is 0.683. The SMILES string of the molecule is C=Nc1cc2ocnn2c1. The van der Waals surface area contributed by atoms with Gasteiger partial charge in [0.25, 0.3) is 0 Å². The molecule has 2 aromatic heterocycles. The van der Waals surface area contributed by atoms with Crippen molar-refractivity contribution in [2.24, 2.45) is 4.99 Å². The summed E-state index contributed by atoms with van der Waals surface area (Å²) >= 11 is 0. The zero-order chi connectivity index (χ0) is 6.97. The van der Waals surface area contributed by atoms with Crippen LogP contribution in [0.2, 0.25) is 0 Å². The zero-order valence-electron chi connectivity index (χ0n) is 5.19. The maximum Gasteiger partial charge on any atom is 0.224 e. The number of hydrogen-bond donors (Lipinski definition) is 0. The standard InChI is InChI=1S/C6H5N3O/c1-7-5-2-6-9(3-5)8-4-10-6/h2-4H,1H2. The molecule has 0 saturated heterocycles. The van der Waals surface area contributed by atoms with Crippen LogP contribution in [0.4, 0.5) is 5.69 Å². The maximum absolute atomic E-state index is 4.96. The minimum absolute atomic E-state index is 0.683. The third-order valence-electron chi connectivity index (χ3n) is 1.28. The van der Waals surface area contributed by atoms with Gasteiger partial charge in [0.15, 0.2) is 0 Å². The van der Waals surface area contributed by atoms with Crippen LogP contribution in [-0.4, -0.2) is 16.3 Å². The number of rotatable bonds is 1. The van der Waals surface area contributed by atoms with E-state index in [1.165, 1.54) is 6.39 Å². The van der Waals surface area contributed by atoms with E-state index in [2.05, 4.69) is 16.8 Å². The number of hydrogen-bond acceptors (Lipinski definition) is 3. The first kappa shape index (κ1) is 5.22. The molecular formula is C6H5N3O. The Morgan fingerprint density at radius 1 is 1.70 bits per heavy atom. The summed E-state index contributed by atoms with van der Waals surface area (Å²) in [4.78, 5) is 3.71. The van der Waals surface area contributed by atoms with Crippen LogP contribution >= 0.6 is 0 Å². The molecule has 0 N–H and O–H groups in total. The lowest BCUT2D eigenvalue weighted by Gasteiger charge is -1.74. The predicted octanol–water partition coefficient (Wildman–Crippen LogP) is 1.26. The van der Waals surface area contributed by atoms with E-state index < -0.39 is 0 Å². The van der Waals surface area contributed by atoms with E-state index in [4.69, 9.17) is 4.42 Å². The van der Waals surface area contributed by atoms with Crippen LogP contribution < -0.4 is 0 Å². The smallest absolute Gasteiger partial charge is 0.224 e. The Balaban J connectivity index is 2.78. The van der Waals surface area contributed by atoms with Crippen LogP contribution in [0.5, 0.6) is 0 Å². The highest BCUT2D eigenvalue weighted by atomic mass is 16.4. The molecule has 0 amide bonds. The molecule has 50 valence electrons. The van der Waals surface area contributed by atoms with Gasteiger partial charge in [0.05, 0.1) is 11.9 Å². The molecule has 0 aliphatic rings. The molecule has 0 aliphatic carbocycles. The van der Waals surface area contributed by atoms with Gasteiger partial charge in [-0.15, -0.1) is 5.10 Å². The lowest BCUT2D eigenvalue weighted by atomic mass is 10.5. The number of aromatic nitrogens is 2. The molecule has 0 aliphatic heterocycles. The third-order valence-corrected chi connectivity index (χ3v) is 1.28. The molecule has 0 saturated carbocycles. The second kappa shape index (κ2) is 1.70. The van der Waals surface area contributed by atoms with Gasteiger partial charge in [-0.3, -0.25) is 4.99 Å². The normalized spacial score (nSPS) is 10.4. The van der Waals surface area contributed by atoms with Gasteiger partial charge in [0.2, 0.25) is 12.1 Å². The summed E-state index contributed by atoms with van der Waals surface area (Å²) in [5.74, 6) is 0. The minimum Gasteiger partial charge on any atom is -0.426 e. The Labute approximate surface area is 56.8 Å². The molecule has 10 heavy (non-hydrogen) atoms. The lowest BCUT2D eigenvalue weighted by molar-refractivity contribution is 0.601. The van der Waals surface area contributed by atoms with Gasteiger partial charge in [-0.1, -0.05) is 0 Å². The van der Waals surface area contributed by atoms with Crippen molar-refractivity contribution in [2.45, 2.75) is 0 Å². The second-order valence-corrected chi connectivity index (χ2v) is 1.88. The fourth-order valence-electron chi connectivity index (χ4n) is 0.812. The predicted molar refractivity (Wildman–Crippen MR) is 36.7 cm³/mol. The van der Waals surface area contributed by atoms with E-state index in [1.807, 2.05) is 0 Å². The summed E-state index contributed by atoms with van der Waals surface area (Å²) in [6.45, 7) is 3.37. The van der Waals surface area contributed by atoms with Crippen molar-refractivity contribution >= 4 is 18.1 Å². The monoisotopic (exact) mass is 135 g/mol. The van der Waals surface area contributed by atoms with Crippen LogP contribution in [0.1, 0.15) is 0 Å². The van der Waals surface area contributed by atoms with Gasteiger partial charge in [-0.25, -0.2) is 4.52 Å². The first-order valence-electron chi connectivity index (χ1n) is 2.79. The fraction of sp³-hybridized carbons (Fsp3) is 0. The first-order valence-corrected chi connectivity index (χ1v) is 2.79. The summed E-state index contributed by atoms with van der Waals surface area (Å²) in [5.41, 5.74) is 1.45. The van der Waals surface area contributed by atoms with Gasteiger partial charge < -0.3 is 4.42 Å². The van der Waals surface area contributed by atoms with Gasteiger partial charge in [0.1, 0.15) is 0 Å². The molecule has 0 radical (unpaired) electrons. The van der Waals surface area contributed by atoms with Crippen molar-refractivity contribution in [3.05, 3.63) is 18.7 Å². The third kappa shape index (κ3) is 0.556.